The zero-order valence-corrected chi connectivity index (χ0v) is 19.7. The predicted octanol–water partition coefficient (Wildman–Crippen LogP) is 1.87. The van der Waals surface area contributed by atoms with Crippen LogP contribution in [-0.4, -0.2) is 96.2 Å². The number of piperazine rings is 1. The van der Waals surface area contributed by atoms with Gasteiger partial charge in [0.15, 0.2) is 0 Å². The van der Waals surface area contributed by atoms with Gasteiger partial charge in [0, 0.05) is 64.7 Å². The molecule has 7 heteroatoms. The summed E-state index contributed by atoms with van der Waals surface area (Å²) in [6.45, 7) is 10.1. The van der Waals surface area contributed by atoms with Crippen molar-refractivity contribution in [2.24, 2.45) is 5.92 Å². The summed E-state index contributed by atoms with van der Waals surface area (Å²) in [5, 5.41) is 0. The Labute approximate surface area is 192 Å². The van der Waals surface area contributed by atoms with Crippen molar-refractivity contribution >= 4 is 17.7 Å². The highest BCUT2D eigenvalue weighted by Crippen LogP contribution is 2.21. The molecule has 0 unspecified atom stereocenters. The molecule has 0 saturated carbocycles. The van der Waals surface area contributed by atoms with Gasteiger partial charge in [0.05, 0.1) is 6.54 Å². The van der Waals surface area contributed by atoms with Crippen LogP contribution in [0, 0.1) is 5.92 Å². The minimum atomic E-state index is 0.0111. The number of amides is 3. The lowest BCUT2D eigenvalue weighted by molar-refractivity contribution is -0.142. The van der Waals surface area contributed by atoms with E-state index in [-0.39, 0.29) is 23.6 Å². The van der Waals surface area contributed by atoms with Gasteiger partial charge in [0.2, 0.25) is 17.7 Å². The van der Waals surface area contributed by atoms with Gasteiger partial charge in [0.25, 0.3) is 0 Å². The van der Waals surface area contributed by atoms with Gasteiger partial charge in [-0.25, -0.2) is 0 Å². The molecular formula is C25H38N4O3. The monoisotopic (exact) mass is 442 g/mol. The van der Waals surface area contributed by atoms with E-state index in [1.165, 1.54) is 5.56 Å². The third kappa shape index (κ3) is 6.55. The Kier molecular flexibility index (Phi) is 9.09. The van der Waals surface area contributed by atoms with E-state index >= 15 is 0 Å². The summed E-state index contributed by atoms with van der Waals surface area (Å²) < 4.78 is 0. The van der Waals surface area contributed by atoms with Crippen LogP contribution < -0.4 is 0 Å². The lowest BCUT2D eigenvalue weighted by Crippen LogP contribution is -2.53. The maximum Gasteiger partial charge on any atom is 0.236 e. The summed E-state index contributed by atoms with van der Waals surface area (Å²) in [6, 6.07) is 10.1. The lowest BCUT2D eigenvalue weighted by atomic mass is 9.94. The molecule has 176 valence electrons. The van der Waals surface area contributed by atoms with Crippen molar-refractivity contribution in [3.05, 3.63) is 35.9 Å². The van der Waals surface area contributed by atoms with Gasteiger partial charge in [-0.2, -0.15) is 0 Å². The molecule has 2 saturated heterocycles. The van der Waals surface area contributed by atoms with Crippen LogP contribution in [0.15, 0.2) is 30.3 Å². The Morgan fingerprint density at radius 3 is 2.09 bits per heavy atom. The van der Waals surface area contributed by atoms with Crippen LogP contribution in [0.3, 0.4) is 0 Å². The Hall–Kier alpha value is -2.41. The fraction of sp³-hybridized carbons (Fsp3) is 0.640. The van der Waals surface area contributed by atoms with Crippen LogP contribution in [0.5, 0.6) is 0 Å². The van der Waals surface area contributed by atoms with Crippen LogP contribution in [0.25, 0.3) is 0 Å². The number of carbonyl (C=O) groups is 3. The van der Waals surface area contributed by atoms with E-state index in [4.69, 9.17) is 0 Å². The zero-order chi connectivity index (χ0) is 22.9. The number of aryl methyl sites for hydroxylation is 1. The molecule has 2 heterocycles. The van der Waals surface area contributed by atoms with Crippen LogP contribution in [0.4, 0.5) is 0 Å². The molecule has 2 fully saturated rings. The van der Waals surface area contributed by atoms with Gasteiger partial charge in [0.1, 0.15) is 0 Å². The summed E-state index contributed by atoms with van der Waals surface area (Å²) in [6.07, 6.45) is 2.78. The third-order valence-electron chi connectivity index (χ3n) is 6.83. The molecule has 1 aromatic rings. The van der Waals surface area contributed by atoms with Gasteiger partial charge >= 0.3 is 0 Å². The van der Waals surface area contributed by atoms with E-state index in [1.807, 2.05) is 46.7 Å². The highest BCUT2D eigenvalue weighted by Gasteiger charge is 2.32. The molecule has 3 rings (SSSR count). The molecular weight excluding hydrogens is 404 g/mol. The summed E-state index contributed by atoms with van der Waals surface area (Å²) in [5.74, 6) is 0.582. The fourth-order valence-corrected chi connectivity index (χ4v) is 4.68. The Bertz CT molecular complexity index is 750. The molecule has 0 N–H and O–H groups in total. The maximum absolute atomic E-state index is 13.0. The van der Waals surface area contributed by atoms with E-state index in [1.54, 1.807) is 0 Å². The third-order valence-corrected chi connectivity index (χ3v) is 6.83. The summed E-state index contributed by atoms with van der Waals surface area (Å²) in [7, 11) is 0. The first-order valence-corrected chi connectivity index (χ1v) is 12.1. The van der Waals surface area contributed by atoms with E-state index in [2.05, 4.69) is 17.0 Å². The Balaban J connectivity index is 1.37. The fourth-order valence-electron chi connectivity index (χ4n) is 4.68. The van der Waals surface area contributed by atoms with Crippen LogP contribution in [-0.2, 0) is 20.8 Å². The predicted molar refractivity (Wildman–Crippen MR) is 125 cm³/mol. The number of piperidine rings is 1. The SMILES string of the molecule is CCN(CC)C(=O)CN1CCN(C(=O)C2CCN(C(=O)CCc3ccccc3)CC2)CC1. The molecule has 0 radical (unpaired) electrons. The lowest BCUT2D eigenvalue weighted by Gasteiger charge is -2.38. The standard InChI is InChI=1S/C25H38N4O3/c1-3-27(4-2)24(31)20-26-16-18-29(19-17-26)25(32)22-12-14-28(15-13-22)23(30)11-10-21-8-6-5-7-9-21/h5-9,22H,3-4,10-20H2,1-2H3. The minimum absolute atomic E-state index is 0.0111. The second-order valence-electron chi connectivity index (χ2n) is 8.81. The van der Waals surface area contributed by atoms with E-state index in [0.29, 0.717) is 39.1 Å². The Morgan fingerprint density at radius 1 is 0.875 bits per heavy atom. The number of likely N-dealkylation sites (N-methyl/N-ethyl adjacent to an activating group) is 1. The van der Waals surface area contributed by atoms with Gasteiger partial charge < -0.3 is 14.7 Å². The zero-order valence-electron chi connectivity index (χ0n) is 19.7. The topological polar surface area (TPSA) is 64.2 Å². The molecule has 2 aliphatic rings. The van der Waals surface area contributed by atoms with Crippen molar-refractivity contribution in [1.29, 1.82) is 0 Å². The average molecular weight is 443 g/mol. The number of hydrogen-bond acceptors (Lipinski definition) is 4. The van der Waals surface area contributed by atoms with E-state index in [9.17, 15) is 14.4 Å². The van der Waals surface area contributed by atoms with Crippen LogP contribution in [0.1, 0.15) is 38.7 Å². The van der Waals surface area contributed by atoms with Crippen LogP contribution in [0.2, 0.25) is 0 Å². The van der Waals surface area contributed by atoms with Crippen molar-refractivity contribution < 1.29 is 14.4 Å². The first-order chi connectivity index (χ1) is 15.5. The first kappa shape index (κ1) is 24.2. The van der Waals surface area contributed by atoms with Crippen molar-refractivity contribution in [2.75, 3.05) is 58.9 Å². The van der Waals surface area contributed by atoms with Crippen LogP contribution >= 0.6 is 0 Å². The molecule has 0 atom stereocenters. The smallest absolute Gasteiger partial charge is 0.236 e. The number of carbonyl (C=O) groups excluding carboxylic acids is 3. The van der Waals surface area contributed by atoms with Gasteiger partial charge in [-0.15, -0.1) is 0 Å². The quantitative estimate of drug-likeness (QED) is 0.617. The molecule has 2 aliphatic heterocycles. The van der Waals surface area contributed by atoms with Crippen molar-refractivity contribution in [3.63, 3.8) is 0 Å². The summed E-state index contributed by atoms with van der Waals surface area (Å²) in [4.78, 5) is 45.8. The minimum Gasteiger partial charge on any atom is -0.343 e. The van der Waals surface area contributed by atoms with Gasteiger partial charge in [-0.3, -0.25) is 19.3 Å². The molecule has 0 spiro atoms. The van der Waals surface area contributed by atoms with Gasteiger partial charge in [-0.05, 0) is 38.7 Å². The molecule has 0 aromatic heterocycles. The first-order valence-electron chi connectivity index (χ1n) is 12.1. The van der Waals surface area contributed by atoms with E-state index in [0.717, 1.165) is 45.4 Å². The number of rotatable bonds is 8. The molecule has 0 aliphatic carbocycles. The highest BCUT2D eigenvalue weighted by atomic mass is 16.2. The summed E-state index contributed by atoms with van der Waals surface area (Å²) >= 11 is 0. The molecule has 0 bridgehead atoms. The largest absolute Gasteiger partial charge is 0.343 e. The molecule has 1 aromatic carbocycles. The van der Waals surface area contributed by atoms with Gasteiger partial charge in [-0.1, -0.05) is 30.3 Å². The van der Waals surface area contributed by atoms with Crippen molar-refractivity contribution in [2.45, 2.75) is 39.5 Å². The normalized spacial score (nSPS) is 17.9. The number of hydrogen-bond donors (Lipinski definition) is 0. The number of benzene rings is 1. The molecule has 32 heavy (non-hydrogen) atoms. The Morgan fingerprint density at radius 2 is 1.50 bits per heavy atom. The van der Waals surface area contributed by atoms with Crippen molar-refractivity contribution in [1.82, 2.24) is 19.6 Å². The maximum atomic E-state index is 13.0. The number of likely N-dealkylation sites (tertiary alicyclic amines) is 1. The second kappa shape index (κ2) is 12.0. The number of nitrogens with zero attached hydrogens (tertiary/aromatic N) is 4. The molecule has 7 nitrogen and oxygen atoms in total. The highest BCUT2D eigenvalue weighted by molar-refractivity contribution is 5.81. The van der Waals surface area contributed by atoms with Crippen molar-refractivity contribution in [3.8, 4) is 0 Å². The summed E-state index contributed by atoms with van der Waals surface area (Å²) in [5.41, 5.74) is 1.18. The second-order valence-corrected chi connectivity index (χ2v) is 8.81. The molecule has 3 amide bonds. The van der Waals surface area contributed by atoms with E-state index < -0.39 is 0 Å². The average Bonchev–Trinajstić information content (AvgIpc) is 2.84.